The standard InChI is InChI=1S/C12H13F4NO2/c1-8-2-3-9(13)6-10(8)11(19)17(4-5-18)7-12(14,15)16/h2-3,6,18H,4-5,7H2,1H3. The van der Waals surface area contributed by atoms with Crippen LogP contribution >= 0.6 is 0 Å². The first kappa shape index (κ1) is 15.4. The molecule has 0 aromatic heterocycles. The Hall–Kier alpha value is -1.63. The van der Waals surface area contributed by atoms with E-state index in [1.165, 1.54) is 13.0 Å². The van der Waals surface area contributed by atoms with E-state index in [2.05, 4.69) is 0 Å². The minimum absolute atomic E-state index is 0.141. The normalized spacial score (nSPS) is 11.5. The molecule has 0 saturated carbocycles. The Balaban J connectivity index is 3.02. The van der Waals surface area contributed by atoms with Gasteiger partial charge in [-0.2, -0.15) is 13.2 Å². The SMILES string of the molecule is Cc1ccc(F)cc1C(=O)N(CCO)CC(F)(F)F. The number of amides is 1. The van der Waals surface area contributed by atoms with Crippen LogP contribution in [0.2, 0.25) is 0 Å². The van der Waals surface area contributed by atoms with Gasteiger partial charge in [-0.05, 0) is 24.6 Å². The highest BCUT2D eigenvalue weighted by atomic mass is 19.4. The Morgan fingerprint density at radius 2 is 2.00 bits per heavy atom. The van der Waals surface area contributed by atoms with Crippen molar-refractivity contribution in [3.63, 3.8) is 0 Å². The number of rotatable bonds is 4. The lowest BCUT2D eigenvalue weighted by Gasteiger charge is -2.23. The van der Waals surface area contributed by atoms with Crippen molar-refractivity contribution in [2.24, 2.45) is 0 Å². The average Bonchev–Trinajstić information content (AvgIpc) is 2.29. The van der Waals surface area contributed by atoms with Crippen LogP contribution in [0.15, 0.2) is 18.2 Å². The van der Waals surface area contributed by atoms with Gasteiger partial charge in [0.2, 0.25) is 0 Å². The van der Waals surface area contributed by atoms with Gasteiger partial charge in [0.05, 0.1) is 6.61 Å². The first-order valence-electron chi connectivity index (χ1n) is 5.47. The Bertz CT molecular complexity index is 460. The zero-order chi connectivity index (χ0) is 14.6. The molecule has 106 valence electrons. The Kier molecular flexibility index (Phi) is 4.88. The molecule has 0 spiro atoms. The zero-order valence-corrected chi connectivity index (χ0v) is 10.2. The van der Waals surface area contributed by atoms with Crippen LogP contribution in [0.4, 0.5) is 17.6 Å². The van der Waals surface area contributed by atoms with Crippen LogP contribution in [0.5, 0.6) is 0 Å². The summed E-state index contributed by atoms with van der Waals surface area (Å²) in [6, 6.07) is 3.32. The second-order valence-corrected chi connectivity index (χ2v) is 4.02. The first-order chi connectivity index (χ1) is 8.74. The number of benzene rings is 1. The summed E-state index contributed by atoms with van der Waals surface area (Å²) in [6.07, 6.45) is -4.58. The molecule has 1 N–H and O–H groups in total. The smallest absolute Gasteiger partial charge is 0.395 e. The number of aliphatic hydroxyl groups is 1. The largest absolute Gasteiger partial charge is 0.406 e. The number of aliphatic hydroxyl groups excluding tert-OH is 1. The van der Waals surface area contributed by atoms with Gasteiger partial charge in [0.15, 0.2) is 0 Å². The Labute approximate surface area is 107 Å². The van der Waals surface area contributed by atoms with Gasteiger partial charge in [0.1, 0.15) is 12.4 Å². The topological polar surface area (TPSA) is 40.5 Å². The highest BCUT2D eigenvalue weighted by molar-refractivity contribution is 5.95. The minimum atomic E-state index is -4.58. The number of halogens is 4. The molecule has 1 aromatic carbocycles. The van der Waals surface area contributed by atoms with Gasteiger partial charge in [-0.3, -0.25) is 4.79 Å². The van der Waals surface area contributed by atoms with E-state index < -0.39 is 37.6 Å². The molecule has 1 aromatic rings. The van der Waals surface area contributed by atoms with Crippen molar-refractivity contribution in [2.75, 3.05) is 19.7 Å². The van der Waals surface area contributed by atoms with Gasteiger partial charge in [0.25, 0.3) is 5.91 Å². The number of carbonyl (C=O) groups is 1. The summed E-state index contributed by atoms with van der Waals surface area (Å²) in [6.45, 7) is -1.05. The van der Waals surface area contributed by atoms with Crippen molar-refractivity contribution in [1.29, 1.82) is 0 Å². The van der Waals surface area contributed by atoms with Crippen molar-refractivity contribution in [2.45, 2.75) is 13.1 Å². The summed E-state index contributed by atoms with van der Waals surface area (Å²) in [5.41, 5.74) is 0.231. The Morgan fingerprint density at radius 1 is 1.37 bits per heavy atom. The molecule has 0 fully saturated rings. The second kappa shape index (κ2) is 6.01. The van der Waals surface area contributed by atoms with Crippen LogP contribution in [0, 0.1) is 12.7 Å². The van der Waals surface area contributed by atoms with Gasteiger partial charge < -0.3 is 10.0 Å². The maximum atomic E-state index is 13.1. The van der Waals surface area contributed by atoms with Crippen LogP contribution < -0.4 is 0 Å². The molecular weight excluding hydrogens is 266 g/mol. The molecule has 0 heterocycles. The minimum Gasteiger partial charge on any atom is -0.395 e. The highest BCUT2D eigenvalue weighted by Crippen LogP contribution is 2.19. The molecule has 0 atom stereocenters. The molecule has 19 heavy (non-hydrogen) atoms. The quantitative estimate of drug-likeness (QED) is 0.858. The molecule has 7 heteroatoms. The molecule has 0 aliphatic rings. The van der Waals surface area contributed by atoms with Gasteiger partial charge in [0, 0.05) is 12.1 Å². The highest BCUT2D eigenvalue weighted by Gasteiger charge is 2.33. The van der Waals surface area contributed by atoms with Crippen LogP contribution in [0.3, 0.4) is 0 Å². The van der Waals surface area contributed by atoms with E-state index >= 15 is 0 Å². The molecular formula is C12H13F4NO2. The molecule has 0 bridgehead atoms. The van der Waals surface area contributed by atoms with E-state index in [1.807, 2.05) is 0 Å². The molecule has 3 nitrogen and oxygen atoms in total. The number of hydrogen-bond acceptors (Lipinski definition) is 2. The molecule has 0 aliphatic carbocycles. The van der Waals surface area contributed by atoms with E-state index in [0.717, 1.165) is 12.1 Å². The van der Waals surface area contributed by atoms with Crippen LogP contribution in [0.1, 0.15) is 15.9 Å². The van der Waals surface area contributed by atoms with Crippen molar-refractivity contribution in [1.82, 2.24) is 4.90 Å². The fraction of sp³-hybridized carbons (Fsp3) is 0.417. The molecule has 0 aliphatic heterocycles. The summed E-state index contributed by atoms with van der Waals surface area (Å²) >= 11 is 0. The number of hydrogen-bond donors (Lipinski definition) is 1. The van der Waals surface area contributed by atoms with Crippen molar-refractivity contribution < 1.29 is 27.5 Å². The zero-order valence-electron chi connectivity index (χ0n) is 10.2. The maximum absolute atomic E-state index is 13.1. The summed E-state index contributed by atoms with van der Waals surface area (Å²) < 4.78 is 50.1. The van der Waals surface area contributed by atoms with E-state index in [1.54, 1.807) is 0 Å². The monoisotopic (exact) mass is 279 g/mol. The number of aryl methyl sites for hydroxylation is 1. The lowest BCUT2D eigenvalue weighted by atomic mass is 10.1. The third-order valence-electron chi connectivity index (χ3n) is 2.46. The molecule has 1 amide bonds. The lowest BCUT2D eigenvalue weighted by Crippen LogP contribution is -2.41. The van der Waals surface area contributed by atoms with E-state index in [0.29, 0.717) is 10.5 Å². The fourth-order valence-electron chi connectivity index (χ4n) is 1.58. The maximum Gasteiger partial charge on any atom is 0.406 e. The van der Waals surface area contributed by atoms with E-state index in [9.17, 15) is 22.4 Å². The van der Waals surface area contributed by atoms with Crippen LogP contribution in [0.25, 0.3) is 0 Å². The van der Waals surface area contributed by atoms with Gasteiger partial charge in [-0.1, -0.05) is 6.07 Å². The Morgan fingerprint density at radius 3 is 2.53 bits per heavy atom. The van der Waals surface area contributed by atoms with E-state index in [4.69, 9.17) is 5.11 Å². The average molecular weight is 279 g/mol. The molecule has 0 unspecified atom stereocenters. The molecule has 1 rings (SSSR count). The van der Waals surface area contributed by atoms with Crippen molar-refractivity contribution >= 4 is 5.91 Å². The van der Waals surface area contributed by atoms with E-state index in [-0.39, 0.29) is 5.56 Å². The summed E-state index contributed by atoms with van der Waals surface area (Å²) in [4.78, 5) is 12.4. The first-order valence-corrected chi connectivity index (χ1v) is 5.47. The van der Waals surface area contributed by atoms with Crippen molar-refractivity contribution in [3.05, 3.63) is 35.1 Å². The summed E-state index contributed by atoms with van der Waals surface area (Å²) in [5.74, 6) is -1.66. The lowest BCUT2D eigenvalue weighted by molar-refractivity contribution is -0.141. The molecule has 0 saturated heterocycles. The van der Waals surface area contributed by atoms with Gasteiger partial charge >= 0.3 is 6.18 Å². The predicted octanol–water partition coefficient (Wildman–Crippen LogP) is 2.13. The van der Waals surface area contributed by atoms with Crippen LogP contribution in [-0.2, 0) is 0 Å². The van der Waals surface area contributed by atoms with Crippen molar-refractivity contribution in [3.8, 4) is 0 Å². The number of carbonyl (C=O) groups excluding carboxylic acids is 1. The summed E-state index contributed by atoms with van der Waals surface area (Å²) in [7, 11) is 0. The van der Waals surface area contributed by atoms with Gasteiger partial charge in [-0.15, -0.1) is 0 Å². The number of nitrogens with zero attached hydrogens (tertiary/aromatic N) is 1. The van der Waals surface area contributed by atoms with Gasteiger partial charge in [-0.25, -0.2) is 4.39 Å². The fourth-order valence-corrected chi connectivity index (χ4v) is 1.58. The third kappa shape index (κ3) is 4.51. The number of alkyl halides is 3. The third-order valence-corrected chi connectivity index (χ3v) is 2.46. The van der Waals surface area contributed by atoms with Crippen LogP contribution in [-0.4, -0.2) is 41.8 Å². The predicted molar refractivity (Wildman–Crippen MR) is 60.2 cm³/mol. The molecule has 0 radical (unpaired) electrons. The summed E-state index contributed by atoms with van der Waals surface area (Å²) in [5, 5.41) is 8.72. The second-order valence-electron chi connectivity index (χ2n) is 4.02.